The zero-order chi connectivity index (χ0) is 13.2. The number of anilines is 1. The molecule has 0 saturated heterocycles. The molecule has 0 unspecified atom stereocenters. The van der Waals surface area contributed by atoms with Gasteiger partial charge >= 0.3 is 0 Å². The number of halogens is 2. The van der Waals surface area contributed by atoms with Crippen LogP contribution in [0.25, 0.3) is 11.0 Å². The molecule has 0 radical (unpaired) electrons. The first-order valence-corrected chi connectivity index (χ1v) is 6.26. The van der Waals surface area contributed by atoms with Gasteiger partial charge in [-0.1, -0.05) is 29.8 Å². The molecule has 2 aromatic carbocycles. The summed E-state index contributed by atoms with van der Waals surface area (Å²) < 4.78 is 18.6. The topological polar surface area (TPSA) is 25.2 Å². The van der Waals surface area contributed by atoms with Gasteiger partial charge in [0, 0.05) is 5.39 Å². The number of hydrogen-bond acceptors (Lipinski definition) is 2. The standard InChI is InChI=1S/C15H11ClFNO/c16-13-8-11(17)5-6-14(13)18-9-12-7-10-3-1-2-4-15(10)19-12/h1-8,18H,9H2. The Hall–Kier alpha value is -2.00. The first kappa shape index (κ1) is 12.1. The summed E-state index contributed by atoms with van der Waals surface area (Å²) in [7, 11) is 0. The lowest BCUT2D eigenvalue weighted by atomic mass is 10.2. The maximum atomic E-state index is 12.9. The van der Waals surface area contributed by atoms with Crippen LogP contribution in [0.1, 0.15) is 5.76 Å². The number of rotatable bonds is 3. The van der Waals surface area contributed by atoms with E-state index in [-0.39, 0.29) is 5.82 Å². The molecule has 0 amide bonds. The number of hydrogen-bond donors (Lipinski definition) is 1. The fraction of sp³-hybridized carbons (Fsp3) is 0.0667. The van der Waals surface area contributed by atoms with Crippen LogP contribution in [0.15, 0.2) is 52.9 Å². The van der Waals surface area contributed by atoms with Crippen molar-refractivity contribution >= 4 is 28.3 Å². The minimum atomic E-state index is -0.348. The summed E-state index contributed by atoms with van der Waals surface area (Å²) in [5.41, 5.74) is 1.54. The molecule has 19 heavy (non-hydrogen) atoms. The largest absolute Gasteiger partial charge is 0.459 e. The van der Waals surface area contributed by atoms with Gasteiger partial charge < -0.3 is 9.73 Å². The van der Waals surface area contributed by atoms with Crippen molar-refractivity contribution in [2.45, 2.75) is 6.54 Å². The Morgan fingerprint density at radius 1 is 1.11 bits per heavy atom. The van der Waals surface area contributed by atoms with E-state index in [1.54, 1.807) is 6.07 Å². The Morgan fingerprint density at radius 2 is 1.95 bits per heavy atom. The number of benzene rings is 2. The van der Waals surface area contributed by atoms with Crippen LogP contribution in [-0.2, 0) is 6.54 Å². The Bertz CT molecular complexity index is 690. The molecule has 96 valence electrons. The van der Waals surface area contributed by atoms with Crippen LogP contribution in [0.3, 0.4) is 0 Å². The van der Waals surface area contributed by atoms with E-state index in [0.717, 1.165) is 16.7 Å². The maximum absolute atomic E-state index is 12.9. The molecule has 0 fully saturated rings. The molecule has 0 spiro atoms. The molecule has 0 aliphatic rings. The molecule has 3 rings (SSSR count). The minimum Gasteiger partial charge on any atom is -0.459 e. The van der Waals surface area contributed by atoms with E-state index in [1.165, 1.54) is 12.1 Å². The van der Waals surface area contributed by atoms with Gasteiger partial charge in [0.2, 0.25) is 0 Å². The highest BCUT2D eigenvalue weighted by Gasteiger charge is 2.05. The number of fused-ring (bicyclic) bond motifs is 1. The van der Waals surface area contributed by atoms with Crippen molar-refractivity contribution in [3.63, 3.8) is 0 Å². The van der Waals surface area contributed by atoms with Crippen molar-refractivity contribution in [1.82, 2.24) is 0 Å². The summed E-state index contributed by atoms with van der Waals surface area (Å²) in [5.74, 6) is 0.459. The van der Waals surface area contributed by atoms with E-state index in [4.69, 9.17) is 16.0 Å². The third-order valence-corrected chi connectivity index (χ3v) is 3.17. The molecule has 4 heteroatoms. The van der Waals surface area contributed by atoms with E-state index < -0.39 is 0 Å². The fourth-order valence-electron chi connectivity index (χ4n) is 1.94. The van der Waals surface area contributed by atoms with Crippen molar-refractivity contribution in [3.05, 3.63) is 65.1 Å². The minimum absolute atomic E-state index is 0.348. The third-order valence-electron chi connectivity index (χ3n) is 2.86. The van der Waals surface area contributed by atoms with E-state index in [0.29, 0.717) is 17.3 Å². The SMILES string of the molecule is Fc1ccc(NCc2cc3ccccc3o2)c(Cl)c1. The summed E-state index contributed by atoms with van der Waals surface area (Å²) in [6, 6.07) is 14.0. The van der Waals surface area contributed by atoms with Gasteiger partial charge in [0.25, 0.3) is 0 Å². The van der Waals surface area contributed by atoms with E-state index in [9.17, 15) is 4.39 Å². The maximum Gasteiger partial charge on any atom is 0.134 e. The van der Waals surface area contributed by atoms with Crippen molar-refractivity contribution in [2.75, 3.05) is 5.32 Å². The van der Waals surface area contributed by atoms with Crippen molar-refractivity contribution in [2.24, 2.45) is 0 Å². The first-order valence-electron chi connectivity index (χ1n) is 5.89. The quantitative estimate of drug-likeness (QED) is 0.740. The summed E-state index contributed by atoms with van der Waals surface area (Å²) in [4.78, 5) is 0. The van der Waals surface area contributed by atoms with E-state index in [1.807, 2.05) is 30.3 Å². The normalized spacial score (nSPS) is 10.8. The van der Waals surface area contributed by atoms with Crippen LogP contribution >= 0.6 is 11.6 Å². The van der Waals surface area contributed by atoms with Gasteiger partial charge in [0.05, 0.1) is 17.3 Å². The molecule has 0 aliphatic heterocycles. The molecule has 3 aromatic rings. The predicted octanol–water partition coefficient (Wildman–Crippen LogP) is 4.84. The lowest BCUT2D eigenvalue weighted by Gasteiger charge is -2.06. The molecule has 1 heterocycles. The lowest BCUT2D eigenvalue weighted by molar-refractivity contribution is 0.559. The average molecular weight is 276 g/mol. The van der Waals surface area contributed by atoms with Crippen molar-refractivity contribution < 1.29 is 8.81 Å². The molecule has 0 aliphatic carbocycles. The first-order chi connectivity index (χ1) is 9.22. The van der Waals surface area contributed by atoms with Gasteiger partial charge in [-0.15, -0.1) is 0 Å². The van der Waals surface area contributed by atoms with Crippen LogP contribution in [-0.4, -0.2) is 0 Å². The Kier molecular flexibility index (Phi) is 3.13. The smallest absolute Gasteiger partial charge is 0.134 e. The molecule has 2 nitrogen and oxygen atoms in total. The number of furan rings is 1. The summed E-state index contributed by atoms with van der Waals surface area (Å²) in [5, 5.41) is 4.54. The van der Waals surface area contributed by atoms with Crippen LogP contribution in [0, 0.1) is 5.82 Å². The zero-order valence-corrected chi connectivity index (χ0v) is 10.7. The Balaban J connectivity index is 1.78. The predicted molar refractivity (Wildman–Crippen MR) is 75.0 cm³/mol. The highest BCUT2D eigenvalue weighted by Crippen LogP contribution is 2.24. The number of para-hydroxylation sites is 1. The van der Waals surface area contributed by atoms with Crippen LogP contribution in [0.4, 0.5) is 10.1 Å². The molecular formula is C15H11ClFNO. The van der Waals surface area contributed by atoms with Gasteiger partial charge in [-0.3, -0.25) is 0 Å². The Labute approximate surface area is 114 Å². The van der Waals surface area contributed by atoms with Crippen LogP contribution in [0.2, 0.25) is 5.02 Å². The lowest BCUT2D eigenvalue weighted by Crippen LogP contribution is -1.98. The summed E-state index contributed by atoms with van der Waals surface area (Å²) in [6.07, 6.45) is 0. The summed E-state index contributed by atoms with van der Waals surface area (Å²) in [6.45, 7) is 0.500. The molecule has 0 saturated carbocycles. The third kappa shape index (κ3) is 2.56. The van der Waals surface area contributed by atoms with Gasteiger partial charge in [0.1, 0.15) is 17.2 Å². The van der Waals surface area contributed by atoms with Gasteiger partial charge in [-0.2, -0.15) is 0 Å². The van der Waals surface area contributed by atoms with Crippen molar-refractivity contribution in [1.29, 1.82) is 0 Å². The second kappa shape index (κ2) is 4.94. The van der Waals surface area contributed by atoms with Crippen LogP contribution < -0.4 is 5.32 Å². The van der Waals surface area contributed by atoms with Gasteiger partial charge in [0.15, 0.2) is 0 Å². The second-order valence-electron chi connectivity index (χ2n) is 4.23. The molecule has 0 atom stereocenters. The average Bonchev–Trinajstić information content (AvgIpc) is 2.80. The highest BCUT2D eigenvalue weighted by atomic mass is 35.5. The number of nitrogens with one attached hydrogen (secondary N) is 1. The van der Waals surface area contributed by atoms with Gasteiger partial charge in [-0.05, 0) is 30.3 Å². The fourth-order valence-corrected chi connectivity index (χ4v) is 2.17. The van der Waals surface area contributed by atoms with E-state index in [2.05, 4.69) is 5.32 Å². The zero-order valence-electron chi connectivity index (χ0n) is 9.99. The molecular weight excluding hydrogens is 265 g/mol. The molecule has 1 N–H and O–H groups in total. The second-order valence-corrected chi connectivity index (χ2v) is 4.64. The van der Waals surface area contributed by atoms with E-state index >= 15 is 0 Å². The van der Waals surface area contributed by atoms with Crippen LogP contribution in [0.5, 0.6) is 0 Å². The molecule has 0 bridgehead atoms. The molecule has 1 aromatic heterocycles. The monoisotopic (exact) mass is 275 g/mol. The summed E-state index contributed by atoms with van der Waals surface area (Å²) >= 11 is 5.94. The highest BCUT2D eigenvalue weighted by molar-refractivity contribution is 6.33. The van der Waals surface area contributed by atoms with Crippen molar-refractivity contribution in [3.8, 4) is 0 Å². The van der Waals surface area contributed by atoms with Gasteiger partial charge in [-0.25, -0.2) is 4.39 Å². The Morgan fingerprint density at radius 3 is 2.74 bits per heavy atom.